The molecule has 1 fully saturated rings. The average molecular weight is 475 g/mol. The summed E-state index contributed by atoms with van der Waals surface area (Å²) in [5, 5.41) is 10.7. The van der Waals surface area contributed by atoms with Gasteiger partial charge in [0.15, 0.2) is 0 Å². The smallest absolute Gasteiger partial charge is 0.323 e. The molecule has 0 unspecified atom stereocenters. The van der Waals surface area contributed by atoms with E-state index in [4.69, 9.17) is 11.6 Å². The third-order valence-corrected chi connectivity index (χ3v) is 5.75. The number of rotatable bonds is 4. The molecule has 0 bridgehead atoms. The standard InChI is InChI=1S/C21H21BrClN5O/c1-27-20(19(22)13-24-27)14-10-17(12-18(11-14)28-8-2-3-9-28)26-21(29)25-16-6-4-15(23)5-7-16/h4-7,10-13H,2-3,8-9H2,1H3,(H2,25,26,29). The number of hydrogen-bond donors (Lipinski definition) is 2. The first kappa shape index (κ1) is 19.8. The van der Waals surface area contributed by atoms with E-state index in [0.29, 0.717) is 10.7 Å². The fraction of sp³-hybridized carbons (Fsp3) is 0.238. The van der Waals surface area contributed by atoms with Crippen molar-refractivity contribution in [1.29, 1.82) is 0 Å². The molecule has 2 amide bonds. The molecular weight excluding hydrogens is 454 g/mol. The highest BCUT2D eigenvalue weighted by atomic mass is 79.9. The van der Waals surface area contributed by atoms with Crippen molar-refractivity contribution in [2.24, 2.45) is 7.05 Å². The number of aromatic nitrogens is 2. The maximum Gasteiger partial charge on any atom is 0.323 e. The van der Waals surface area contributed by atoms with E-state index in [-0.39, 0.29) is 6.03 Å². The van der Waals surface area contributed by atoms with Crippen LogP contribution in [0.3, 0.4) is 0 Å². The van der Waals surface area contributed by atoms with E-state index in [0.717, 1.165) is 40.2 Å². The third-order valence-electron chi connectivity index (χ3n) is 4.92. The van der Waals surface area contributed by atoms with Gasteiger partial charge in [0, 0.05) is 47.8 Å². The zero-order valence-corrected chi connectivity index (χ0v) is 18.3. The molecular formula is C21H21BrClN5O. The molecule has 0 aliphatic carbocycles. The van der Waals surface area contributed by atoms with E-state index < -0.39 is 0 Å². The Balaban J connectivity index is 1.63. The maximum absolute atomic E-state index is 12.5. The molecule has 150 valence electrons. The summed E-state index contributed by atoms with van der Waals surface area (Å²) in [5.41, 5.74) is 4.45. The van der Waals surface area contributed by atoms with E-state index in [1.807, 2.05) is 23.9 Å². The van der Waals surface area contributed by atoms with Crippen molar-refractivity contribution >= 4 is 50.6 Å². The lowest BCUT2D eigenvalue weighted by Crippen LogP contribution is -2.21. The van der Waals surface area contributed by atoms with Crippen LogP contribution in [0.25, 0.3) is 11.3 Å². The quantitative estimate of drug-likeness (QED) is 0.506. The molecule has 0 radical (unpaired) electrons. The summed E-state index contributed by atoms with van der Waals surface area (Å²) >= 11 is 9.49. The summed E-state index contributed by atoms with van der Waals surface area (Å²) in [5.74, 6) is 0. The number of benzene rings is 2. The average Bonchev–Trinajstić information content (AvgIpc) is 3.33. The van der Waals surface area contributed by atoms with Crippen LogP contribution in [0.1, 0.15) is 12.8 Å². The molecule has 0 spiro atoms. The molecule has 4 rings (SSSR count). The maximum atomic E-state index is 12.5. The number of nitrogens with zero attached hydrogens (tertiary/aromatic N) is 3. The topological polar surface area (TPSA) is 62.2 Å². The van der Waals surface area contributed by atoms with Crippen molar-refractivity contribution in [1.82, 2.24) is 9.78 Å². The van der Waals surface area contributed by atoms with E-state index in [1.54, 1.807) is 30.5 Å². The van der Waals surface area contributed by atoms with Gasteiger partial charge in [0.05, 0.1) is 16.4 Å². The molecule has 29 heavy (non-hydrogen) atoms. The van der Waals surface area contributed by atoms with Gasteiger partial charge in [0.25, 0.3) is 0 Å². The fourth-order valence-corrected chi connectivity index (χ4v) is 4.24. The van der Waals surface area contributed by atoms with Crippen LogP contribution in [0.15, 0.2) is 53.1 Å². The van der Waals surface area contributed by atoms with Gasteiger partial charge in [-0.3, -0.25) is 4.68 Å². The highest BCUT2D eigenvalue weighted by Gasteiger charge is 2.17. The summed E-state index contributed by atoms with van der Waals surface area (Å²) in [6, 6.07) is 12.8. The first-order valence-corrected chi connectivity index (χ1v) is 10.6. The molecule has 0 atom stereocenters. The molecule has 1 aliphatic heterocycles. The molecule has 1 saturated heterocycles. The summed E-state index contributed by atoms with van der Waals surface area (Å²) in [7, 11) is 1.91. The van der Waals surface area contributed by atoms with Crippen LogP contribution >= 0.6 is 27.5 Å². The second-order valence-electron chi connectivity index (χ2n) is 7.01. The van der Waals surface area contributed by atoms with Crippen LogP contribution in [0.5, 0.6) is 0 Å². The van der Waals surface area contributed by atoms with Crippen LogP contribution in [-0.4, -0.2) is 28.9 Å². The number of anilines is 3. The van der Waals surface area contributed by atoms with Crippen LogP contribution in [-0.2, 0) is 7.05 Å². The monoisotopic (exact) mass is 473 g/mol. The number of carbonyl (C=O) groups is 1. The lowest BCUT2D eigenvalue weighted by atomic mass is 10.1. The Hall–Kier alpha value is -2.51. The molecule has 2 aromatic carbocycles. The van der Waals surface area contributed by atoms with Crippen molar-refractivity contribution in [3.05, 3.63) is 58.2 Å². The minimum absolute atomic E-state index is 0.305. The molecule has 0 saturated carbocycles. The summed E-state index contributed by atoms with van der Waals surface area (Å²) in [6.07, 6.45) is 4.14. The van der Waals surface area contributed by atoms with Gasteiger partial charge in [-0.25, -0.2) is 4.79 Å². The third kappa shape index (κ3) is 4.57. The SMILES string of the molecule is Cn1ncc(Br)c1-c1cc(NC(=O)Nc2ccc(Cl)cc2)cc(N2CCCC2)c1. The first-order chi connectivity index (χ1) is 14.0. The minimum Gasteiger partial charge on any atom is -0.371 e. The number of nitrogens with one attached hydrogen (secondary N) is 2. The predicted molar refractivity (Wildman–Crippen MR) is 122 cm³/mol. The number of carbonyl (C=O) groups excluding carboxylic acids is 1. The second kappa shape index (κ2) is 8.47. The Morgan fingerprint density at radius 1 is 1.07 bits per heavy atom. The van der Waals surface area contributed by atoms with Gasteiger partial charge in [-0.2, -0.15) is 5.10 Å². The van der Waals surface area contributed by atoms with Crippen molar-refractivity contribution in [3.63, 3.8) is 0 Å². The van der Waals surface area contributed by atoms with Gasteiger partial charge in [0.2, 0.25) is 0 Å². The molecule has 2 N–H and O–H groups in total. The fourth-order valence-electron chi connectivity index (χ4n) is 3.54. The number of urea groups is 1. The zero-order chi connectivity index (χ0) is 20.4. The van der Waals surface area contributed by atoms with Crippen molar-refractivity contribution in [3.8, 4) is 11.3 Å². The number of hydrogen-bond acceptors (Lipinski definition) is 3. The molecule has 3 aromatic rings. The summed E-state index contributed by atoms with van der Waals surface area (Å²) in [4.78, 5) is 14.9. The number of aryl methyl sites for hydroxylation is 1. The molecule has 6 nitrogen and oxygen atoms in total. The first-order valence-electron chi connectivity index (χ1n) is 9.41. The van der Waals surface area contributed by atoms with E-state index >= 15 is 0 Å². The molecule has 1 aliphatic rings. The van der Waals surface area contributed by atoms with Crippen LogP contribution in [0.4, 0.5) is 21.9 Å². The Kier molecular flexibility index (Phi) is 5.78. The number of halogens is 2. The minimum atomic E-state index is -0.305. The normalized spacial score (nSPS) is 13.6. The van der Waals surface area contributed by atoms with Crippen molar-refractivity contribution < 1.29 is 4.79 Å². The zero-order valence-electron chi connectivity index (χ0n) is 16.0. The van der Waals surface area contributed by atoms with Crippen molar-refractivity contribution in [2.45, 2.75) is 12.8 Å². The molecule has 8 heteroatoms. The van der Waals surface area contributed by atoms with Crippen LogP contribution in [0, 0.1) is 0 Å². The van der Waals surface area contributed by atoms with Crippen LogP contribution < -0.4 is 15.5 Å². The van der Waals surface area contributed by atoms with Gasteiger partial charge >= 0.3 is 6.03 Å². The predicted octanol–water partition coefficient (Wildman–Crippen LogP) is 5.75. The highest BCUT2D eigenvalue weighted by Crippen LogP contribution is 2.34. The van der Waals surface area contributed by atoms with Gasteiger partial charge in [-0.15, -0.1) is 0 Å². The number of amides is 2. The van der Waals surface area contributed by atoms with E-state index in [2.05, 4.69) is 42.6 Å². The Morgan fingerprint density at radius 3 is 2.41 bits per heavy atom. The summed E-state index contributed by atoms with van der Waals surface area (Å²) < 4.78 is 2.74. The van der Waals surface area contributed by atoms with E-state index in [9.17, 15) is 4.79 Å². The second-order valence-corrected chi connectivity index (χ2v) is 8.30. The Morgan fingerprint density at radius 2 is 1.76 bits per heavy atom. The lowest BCUT2D eigenvalue weighted by Gasteiger charge is -2.20. The van der Waals surface area contributed by atoms with Gasteiger partial charge in [-0.1, -0.05) is 11.6 Å². The van der Waals surface area contributed by atoms with Gasteiger partial charge in [-0.05, 0) is 71.2 Å². The van der Waals surface area contributed by atoms with Gasteiger partial charge in [0.1, 0.15) is 0 Å². The highest BCUT2D eigenvalue weighted by molar-refractivity contribution is 9.10. The summed E-state index contributed by atoms with van der Waals surface area (Å²) in [6.45, 7) is 2.04. The Labute approximate surface area is 183 Å². The molecule has 2 heterocycles. The van der Waals surface area contributed by atoms with E-state index in [1.165, 1.54) is 12.8 Å². The van der Waals surface area contributed by atoms with Crippen molar-refractivity contribution in [2.75, 3.05) is 28.6 Å². The van der Waals surface area contributed by atoms with Gasteiger partial charge < -0.3 is 15.5 Å². The molecule has 1 aromatic heterocycles. The Bertz CT molecular complexity index is 1010. The lowest BCUT2D eigenvalue weighted by molar-refractivity contribution is 0.262. The largest absolute Gasteiger partial charge is 0.371 e. The van der Waals surface area contributed by atoms with Crippen LogP contribution in [0.2, 0.25) is 5.02 Å².